The van der Waals surface area contributed by atoms with Crippen LogP contribution in [0.4, 0.5) is 0 Å². The number of carbonyl (C=O) groups excluding carboxylic acids is 2. The molecule has 6 rings (SSSR count). The van der Waals surface area contributed by atoms with Crippen molar-refractivity contribution in [3.05, 3.63) is 59.7 Å². The van der Waals surface area contributed by atoms with Crippen LogP contribution in [0.25, 0.3) is 0 Å². The van der Waals surface area contributed by atoms with Crippen molar-refractivity contribution in [3.63, 3.8) is 0 Å². The molecule has 1 amide bonds. The monoisotopic (exact) mass is 431 g/mol. The van der Waals surface area contributed by atoms with Crippen molar-refractivity contribution in [3.8, 4) is 0 Å². The number of Topliss-reactive ketones (excluding diaryl/α,β-unsaturated/α-hetero) is 1. The van der Waals surface area contributed by atoms with Crippen LogP contribution in [0.2, 0.25) is 0 Å². The first kappa shape index (κ1) is 20.4. The average Bonchev–Trinajstić information content (AvgIpc) is 3.22. The lowest BCUT2D eigenvalue weighted by atomic mass is 9.45. The van der Waals surface area contributed by atoms with Gasteiger partial charge in [0.05, 0.1) is 12.2 Å². The Morgan fingerprint density at radius 2 is 1.91 bits per heavy atom. The number of ether oxygens (including phenoxy) is 1. The third-order valence-corrected chi connectivity index (χ3v) is 9.52. The Bertz CT molecular complexity index is 1030. The summed E-state index contributed by atoms with van der Waals surface area (Å²) >= 11 is 0. The van der Waals surface area contributed by atoms with Crippen molar-refractivity contribution in [2.45, 2.75) is 58.3 Å². The zero-order chi connectivity index (χ0) is 22.4. The van der Waals surface area contributed by atoms with E-state index in [1.54, 1.807) is 0 Å². The summed E-state index contributed by atoms with van der Waals surface area (Å²) in [6, 6.07) is 10.2. The smallest absolute Gasteiger partial charge is 0.234 e. The standard InChI is InChI=1S/C28H33NO3/c1-14-10-15(2)19-13-22(30)28-24(20(29-27(28)31)12-18-8-6-5-7-9-18)16(3)17(4)26-25(28)23(19)21(11-14)32-26/h5-10,14,16,19-21,23-26H,4,11-13H2,1-3H3,(H,29,31)/t14-,16-,19+,20+,21-,23-,24+,25+,26-,28-/m1/s1. The molecule has 4 nitrogen and oxygen atoms in total. The lowest BCUT2D eigenvalue weighted by Crippen LogP contribution is -2.62. The van der Waals surface area contributed by atoms with E-state index in [4.69, 9.17) is 4.74 Å². The molecule has 0 radical (unpaired) electrons. The number of nitrogens with one attached hydrogen (secondary N) is 1. The number of carbonyl (C=O) groups is 2. The number of amides is 1. The van der Waals surface area contributed by atoms with E-state index < -0.39 is 5.41 Å². The molecule has 10 atom stereocenters. The molecule has 3 aliphatic carbocycles. The lowest BCUT2D eigenvalue weighted by Gasteiger charge is -2.54. The zero-order valence-electron chi connectivity index (χ0n) is 19.2. The van der Waals surface area contributed by atoms with Gasteiger partial charge in [-0.25, -0.2) is 0 Å². The van der Waals surface area contributed by atoms with Gasteiger partial charge in [-0.2, -0.15) is 0 Å². The van der Waals surface area contributed by atoms with Crippen LogP contribution >= 0.6 is 0 Å². The van der Waals surface area contributed by atoms with Gasteiger partial charge in [-0.15, -0.1) is 0 Å². The maximum atomic E-state index is 14.1. The Kier molecular flexibility index (Phi) is 4.40. The normalized spacial score (nSPS) is 46.8. The van der Waals surface area contributed by atoms with Crippen molar-refractivity contribution < 1.29 is 14.3 Å². The first-order valence-electron chi connectivity index (χ1n) is 12.2. The van der Waals surface area contributed by atoms with Crippen LogP contribution in [0, 0.1) is 40.9 Å². The topological polar surface area (TPSA) is 55.4 Å². The molecule has 2 heterocycles. The molecule has 1 spiro atoms. The van der Waals surface area contributed by atoms with Gasteiger partial charge in [0.15, 0.2) is 0 Å². The minimum atomic E-state index is -0.978. The van der Waals surface area contributed by atoms with E-state index in [2.05, 4.69) is 50.9 Å². The van der Waals surface area contributed by atoms with Crippen LogP contribution in [0.1, 0.15) is 39.2 Å². The Morgan fingerprint density at radius 1 is 1.16 bits per heavy atom. The van der Waals surface area contributed by atoms with Crippen LogP contribution < -0.4 is 5.32 Å². The van der Waals surface area contributed by atoms with E-state index >= 15 is 0 Å². The number of allylic oxidation sites excluding steroid dienone is 2. The van der Waals surface area contributed by atoms with E-state index in [-0.39, 0.29) is 59.5 Å². The van der Waals surface area contributed by atoms with E-state index in [0.717, 1.165) is 18.4 Å². The summed E-state index contributed by atoms with van der Waals surface area (Å²) in [5.74, 6) is 0.795. The highest BCUT2D eigenvalue weighted by atomic mass is 16.5. The summed E-state index contributed by atoms with van der Waals surface area (Å²) in [6.07, 6.45) is 4.39. The fourth-order valence-electron chi connectivity index (χ4n) is 8.35. The van der Waals surface area contributed by atoms with E-state index in [0.29, 0.717) is 12.3 Å². The molecule has 5 aliphatic rings. The molecule has 32 heavy (non-hydrogen) atoms. The van der Waals surface area contributed by atoms with Gasteiger partial charge in [-0.05, 0) is 54.6 Å². The van der Waals surface area contributed by atoms with Crippen LogP contribution in [0.15, 0.2) is 54.1 Å². The largest absolute Gasteiger partial charge is 0.370 e. The molecule has 4 heteroatoms. The van der Waals surface area contributed by atoms with Gasteiger partial charge >= 0.3 is 0 Å². The molecule has 2 aliphatic heterocycles. The summed E-state index contributed by atoms with van der Waals surface area (Å²) in [4.78, 5) is 27.9. The molecule has 2 saturated carbocycles. The molecule has 1 aromatic rings. The van der Waals surface area contributed by atoms with Crippen molar-refractivity contribution in [1.29, 1.82) is 0 Å². The Labute approximate surface area is 190 Å². The lowest BCUT2D eigenvalue weighted by molar-refractivity contribution is -0.158. The third kappa shape index (κ3) is 2.48. The van der Waals surface area contributed by atoms with Crippen molar-refractivity contribution >= 4 is 11.7 Å². The summed E-state index contributed by atoms with van der Waals surface area (Å²) < 4.78 is 6.72. The zero-order valence-corrected chi connectivity index (χ0v) is 19.2. The fourth-order valence-corrected chi connectivity index (χ4v) is 8.35. The molecule has 1 N–H and O–H groups in total. The van der Waals surface area contributed by atoms with Crippen LogP contribution in [-0.2, 0) is 20.7 Å². The van der Waals surface area contributed by atoms with Gasteiger partial charge in [0.2, 0.25) is 5.91 Å². The molecule has 0 unspecified atom stereocenters. The van der Waals surface area contributed by atoms with Gasteiger partial charge in [-0.3, -0.25) is 9.59 Å². The number of benzene rings is 1. The summed E-state index contributed by atoms with van der Waals surface area (Å²) in [6.45, 7) is 11.1. The number of rotatable bonds is 2. The van der Waals surface area contributed by atoms with E-state index in [9.17, 15) is 9.59 Å². The van der Waals surface area contributed by atoms with Gasteiger partial charge in [0.1, 0.15) is 11.2 Å². The van der Waals surface area contributed by atoms with E-state index in [1.165, 1.54) is 11.1 Å². The second-order valence-electron chi connectivity index (χ2n) is 11.1. The third-order valence-electron chi connectivity index (χ3n) is 9.52. The predicted molar refractivity (Wildman–Crippen MR) is 123 cm³/mol. The van der Waals surface area contributed by atoms with Gasteiger partial charge < -0.3 is 10.1 Å². The van der Waals surface area contributed by atoms with Crippen molar-refractivity contribution in [1.82, 2.24) is 5.32 Å². The molecular formula is C28H33NO3. The fraction of sp³-hybridized carbons (Fsp3) is 0.571. The first-order valence-corrected chi connectivity index (χ1v) is 12.2. The van der Waals surface area contributed by atoms with Gasteiger partial charge in [0.25, 0.3) is 0 Å². The van der Waals surface area contributed by atoms with Gasteiger partial charge in [0, 0.05) is 24.3 Å². The van der Waals surface area contributed by atoms with Crippen molar-refractivity contribution in [2.75, 3.05) is 0 Å². The quantitative estimate of drug-likeness (QED) is 0.566. The summed E-state index contributed by atoms with van der Waals surface area (Å²) in [7, 11) is 0. The maximum Gasteiger partial charge on any atom is 0.234 e. The molecule has 0 bridgehead atoms. The van der Waals surface area contributed by atoms with Crippen LogP contribution in [0.5, 0.6) is 0 Å². The van der Waals surface area contributed by atoms with Crippen LogP contribution in [0.3, 0.4) is 0 Å². The molecular weight excluding hydrogens is 398 g/mol. The minimum Gasteiger partial charge on any atom is -0.370 e. The Morgan fingerprint density at radius 3 is 2.66 bits per heavy atom. The number of ketones is 1. The second-order valence-corrected chi connectivity index (χ2v) is 11.1. The first-order chi connectivity index (χ1) is 15.3. The predicted octanol–water partition coefficient (Wildman–Crippen LogP) is 4.11. The molecule has 0 aromatic heterocycles. The highest BCUT2D eigenvalue weighted by Crippen LogP contribution is 2.67. The summed E-state index contributed by atoms with van der Waals surface area (Å²) in [5, 5.41) is 3.31. The minimum absolute atomic E-state index is 0.0515. The van der Waals surface area contributed by atoms with Gasteiger partial charge in [-0.1, -0.05) is 62.4 Å². The molecule has 1 aromatic carbocycles. The number of hydrogen-bond acceptors (Lipinski definition) is 3. The highest BCUT2D eigenvalue weighted by Gasteiger charge is 2.75. The molecule has 168 valence electrons. The molecule has 2 saturated heterocycles. The Hall–Kier alpha value is -2.20. The van der Waals surface area contributed by atoms with E-state index in [1.807, 2.05) is 18.2 Å². The second kappa shape index (κ2) is 6.90. The SMILES string of the molecule is C=C1[C@@H](C)[C@H]2[C@H](Cc3ccccc3)NC(=O)[C@]23C(=O)C[C@H]2C(C)=C[C@@H](C)C[C@H]4O[C@H]1[C@@H]3[C@@H]42. The number of hydrogen-bond donors (Lipinski definition) is 1. The molecule has 4 fully saturated rings. The Balaban J connectivity index is 1.48. The van der Waals surface area contributed by atoms with Crippen LogP contribution in [-0.4, -0.2) is 29.9 Å². The highest BCUT2D eigenvalue weighted by molar-refractivity contribution is 6.10. The average molecular weight is 432 g/mol. The van der Waals surface area contributed by atoms with Crippen molar-refractivity contribution in [2.24, 2.45) is 40.9 Å². The summed E-state index contributed by atoms with van der Waals surface area (Å²) in [5.41, 5.74) is 2.60. The maximum absolute atomic E-state index is 14.1.